The fourth-order valence-corrected chi connectivity index (χ4v) is 1.53. The van der Waals surface area contributed by atoms with Gasteiger partial charge in [0.1, 0.15) is 0 Å². The molecule has 8 nitrogen and oxygen atoms in total. The number of halogens is 1. The number of rotatable bonds is 5. The Kier molecular flexibility index (Phi) is 4.14. The van der Waals surface area contributed by atoms with Crippen LogP contribution in [0.5, 0.6) is 11.5 Å². The van der Waals surface area contributed by atoms with E-state index >= 15 is 0 Å². The maximum Gasteiger partial charge on any atom is 0.283 e. The van der Waals surface area contributed by atoms with Crippen LogP contribution in [0.15, 0.2) is 17.2 Å². The fraction of sp³-hybridized carbons (Fsp3) is 0.200. The molecule has 2 aromatic rings. The lowest BCUT2D eigenvalue weighted by Gasteiger charge is -2.07. The summed E-state index contributed by atoms with van der Waals surface area (Å²) >= 11 is 5.88. The largest absolute Gasteiger partial charge is 0.503 e. The highest BCUT2D eigenvalue weighted by Crippen LogP contribution is 2.34. The van der Waals surface area contributed by atoms with Gasteiger partial charge < -0.3 is 9.84 Å². The van der Waals surface area contributed by atoms with Crippen molar-refractivity contribution < 1.29 is 9.84 Å². The summed E-state index contributed by atoms with van der Waals surface area (Å²) in [5.41, 5.74) is 3.22. The molecule has 0 bridgehead atoms. The summed E-state index contributed by atoms with van der Waals surface area (Å²) < 4.78 is 5.25. The van der Waals surface area contributed by atoms with Crippen LogP contribution in [-0.4, -0.2) is 38.6 Å². The van der Waals surface area contributed by atoms with E-state index in [0.717, 1.165) is 0 Å². The number of aromatic hydroxyl groups is 1. The van der Waals surface area contributed by atoms with Crippen molar-refractivity contribution in [3.8, 4) is 11.5 Å². The molecule has 9 heteroatoms. The van der Waals surface area contributed by atoms with Crippen LogP contribution in [0, 0.1) is 0 Å². The van der Waals surface area contributed by atoms with E-state index in [1.54, 1.807) is 12.1 Å². The number of phenolic OH excluding ortho intramolecular Hbond substituents is 1. The zero-order valence-electron chi connectivity index (χ0n) is 9.96. The number of hydrogen-bond donors (Lipinski definition) is 3. The highest BCUT2D eigenvalue weighted by Gasteiger charge is 2.08. The maximum absolute atomic E-state index is 9.68. The van der Waals surface area contributed by atoms with E-state index in [1.165, 1.54) is 6.21 Å². The number of hydrazone groups is 1. The first-order valence-corrected chi connectivity index (χ1v) is 5.76. The molecule has 0 saturated heterocycles. The number of tetrazole rings is 1. The monoisotopic (exact) mass is 282 g/mol. The maximum atomic E-state index is 9.68. The van der Waals surface area contributed by atoms with Crippen LogP contribution in [0.2, 0.25) is 5.02 Å². The molecule has 0 aliphatic heterocycles. The topological polar surface area (TPSA) is 108 Å². The molecule has 0 fully saturated rings. The molecule has 1 aromatic heterocycles. The smallest absolute Gasteiger partial charge is 0.283 e. The van der Waals surface area contributed by atoms with E-state index in [9.17, 15) is 5.11 Å². The van der Waals surface area contributed by atoms with Crippen LogP contribution in [-0.2, 0) is 0 Å². The quantitative estimate of drug-likeness (QED) is 0.565. The number of aromatic nitrogens is 4. The van der Waals surface area contributed by atoms with E-state index in [-0.39, 0.29) is 16.7 Å². The van der Waals surface area contributed by atoms with Crippen molar-refractivity contribution in [3.05, 3.63) is 22.7 Å². The number of hydrogen-bond acceptors (Lipinski definition) is 7. The van der Waals surface area contributed by atoms with Gasteiger partial charge in [0.05, 0.1) is 17.8 Å². The van der Waals surface area contributed by atoms with E-state index < -0.39 is 0 Å². The number of phenols is 1. The van der Waals surface area contributed by atoms with Crippen molar-refractivity contribution in [2.45, 2.75) is 6.92 Å². The first-order valence-electron chi connectivity index (χ1n) is 5.38. The third kappa shape index (κ3) is 3.32. The average Bonchev–Trinajstić information content (AvgIpc) is 2.89. The van der Waals surface area contributed by atoms with Crippen molar-refractivity contribution >= 4 is 23.8 Å². The summed E-state index contributed by atoms with van der Waals surface area (Å²) in [5, 5.41) is 26.7. The van der Waals surface area contributed by atoms with Crippen LogP contribution in [0.4, 0.5) is 5.95 Å². The van der Waals surface area contributed by atoms with Gasteiger partial charge in [-0.2, -0.15) is 10.3 Å². The van der Waals surface area contributed by atoms with Crippen molar-refractivity contribution in [1.82, 2.24) is 20.6 Å². The van der Waals surface area contributed by atoms with Gasteiger partial charge in [-0.15, -0.1) is 5.10 Å². The molecule has 0 spiro atoms. The summed E-state index contributed by atoms with van der Waals surface area (Å²) in [6.07, 6.45) is 1.49. The van der Waals surface area contributed by atoms with Crippen LogP contribution in [0.1, 0.15) is 12.5 Å². The van der Waals surface area contributed by atoms with Crippen molar-refractivity contribution in [2.75, 3.05) is 12.0 Å². The fourth-order valence-electron chi connectivity index (χ4n) is 1.31. The molecule has 0 unspecified atom stereocenters. The summed E-state index contributed by atoms with van der Waals surface area (Å²) in [7, 11) is 0. The Hall–Kier alpha value is -2.35. The molecule has 0 atom stereocenters. The van der Waals surface area contributed by atoms with Gasteiger partial charge in [0.2, 0.25) is 0 Å². The molecule has 0 aliphatic rings. The second-order valence-corrected chi connectivity index (χ2v) is 3.80. The predicted molar refractivity (Wildman–Crippen MR) is 69.7 cm³/mol. The second kappa shape index (κ2) is 6.01. The number of benzene rings is 1. The Morgan fingerprint density at radius 1 is 1.58 bits per heavy atom. The minimum atomic E-state index is -0.0909. The first-order chi connectivity index (χ1) is 9.20. The molecule has 0 aliphatic carbocycles. The summed E-state index contributed by atoms with van der Waals surface area (Å²) in [6.45, 7) is 2.23. The Bertz CT molecular complexity index is 572. The van der Waals surface area contributed by atoms with E-state index in [2.05, 4.69) is 31.2 Å². The van der Waals surface area contributed by atoms with Crippen LogP contribution >= 0.6 is 11.6 Å². The van der Waals surface area contributed by atoms with Crippen LogP contribution in [0.3, 0.4) is 0 Å². The molecule has 19 heavy (non-hydrogen) atoms. The van der Waals surface area contributed by atoms with E-state index in [4.69, 9.17) is 16.3 Å². The lowest BCUT2D eigenvalue weighted by Crippen LogP contribution is -1.96. The summed E-state index contributed by atoms with van der Waals surface area (Å²) in [4.78, 5) is 0. The molecular formula is C10H11ClN6O2. The lowest BCUT2D eigenvalue weighted by atomic mass is 10.2. The Balaban J connectivity index is 2.13. The van der Waals surface area contributed by atoms with E-state index in [1.807, 2.05) is 6.92 Å². The normalized spacial score (nSPS) is 10.8. The highest BCUT2D eigenvalue weighted by atomic mass is 35.5. The average molecular weight is 283 g/mol. The van der Waals surface area contributed by atoms with Crippen LogP contribution in [0.25, 0.3) is 0 Å². The number of nitrogens with one attached hydrogen (secondary N) is 2. The molecule has 2 rings (SSSR count). The van der Waals surface area contributed by atoms with E-state index in [0.29, 0.717) is 17.9 Å². The molecule has 0 radical (unpaired) electrons. The van der Waals surface area contributed by atoms with Crippen molar-refractivity contribution in [3.63, 3.8) is 0 Å². The molecule has 0 saturated carbocycles. The first kappa shape index (κ1) is 13.1. The third-order valence-electron chi connectivity index (χ3n) is 2.07. The highest BCUT2D eigenvalue weighted by molar-refractivity contribution is 6.32. The lowest BCUT2D eigenvalue weighted by molar-refractivity contribution is 0.318. The predicted octanol–water partition coefficient (Wildman–Crippen LogP) is 1.40. The van der Waals surface area contributed by atoms with Gasteiger partial charge >= 0.3 is 0 Å². The molecule has 1 aromatic carbocycles. The number of H-pyrrole nitrogens is 1. The third-order valence-corrected chi connectivity index (χ3v) is 2.36. The molecule has 1 heterocycles. The minimum Gasteiger partial charge on any atom is -0.503 e. The second-order valence-electron chi connectivity index (χ2n) is 3.39. The standard InChI is InChI=1S/C10H11ClN6O2/c1-2-19-8-4-6(3-7(11)9(8)18)5-12-13-10-14-16-17-15-10/h3-5,18H,2H2,1H3,(H2,13,14,15,16,17)/b12-5+. The summed E-state index contributed by atoms with van der Waals surface area (Å²) in [6, 6.07) is 3.17. The van der Waals surface area contributed by atoms with Gasteiger partial charge in [0, 0.05) is 0 Å². The zero-order chi connectivity index (χ0) is 13.7. The number of ether oxygens (including phenoxy) is 1. The zero-order valence-corrected chi connectivity index (χ0v) is 10.7. The Morgan fingerprint density at radius 2 is 2.42 bits per heavy atom. The molecule has 0 amide bonds. The van der Waals surface area contributed by atoms with Crippen molar-refractivity contribution in [2.24, 2.45) is 5.10 Å². The minimum absolute atomic E-state index is 0.0909. The SMILES string of the molecule is CCOc1cc(/C=N/Nc2nn[nH]n2)cc(Cl)c1O. The van der Waals surface area contributed by atoms with Gasteiger partial charge in [-0.25, -0.2) is 5.43 Å². The number of anilines is 1. The summed E-state index contributed by atoms with van der Waals surface area (Å²) in [5.74, 6) is 0.453. The van der Waals surface area contributed by atoms with Gasteiger partial charge in [-0.3, -0.25) is 0 Å². The molecule has 3 N–H and O–H groups in total. The van der Waals surface area contributed by atoms with Crippen LogP contribution < -0.4 is 10.2 Å². The number of nitrogens with zero attached hydrogens (tertiary/aromatic N) is 4. The van der Waals surface area contributed by atoms with Gasteiger partial charge in [-0.05, 0) is 29.8 Å². The van der Waals surface area contributed by atoms with Gasteiger partial charge in [-0.1, -0.05) is 16.7 Å². The Morgan fingerprint density at radius 3 is 3.11 bits per heavy atom. The molecule has 100 valence electrons. The van der Waals surface area contributed by atoms with Gasteiger partial charge in [0.15, 0.2) is 11.5 Å². The Labute approximate surface area is 113 Å². The van der Waals surface area contributed by atoms with Crippen molar-refractivity contribution in [1.29, 1.82) is 0 Å². The van der Waals surface area contributed by atoms with Gasteiger partial charge in [0.25, 0.3) is 5.95 Å². The number of aromatic amines is 1. The molecular weight excluding hydrogens is 272 g/mol.